The summed E-state index contributed by atoms with van der Waals surface area (Å²) in [7, 11) is 3.29. The first-order chi connectivity index (χ1) is 15.6. The van der Waals surface area contributed by atoms with Gasteiger partial charge in [-0.05, 0) is 56.5 Å². The average Bonchev–Trinajstić information content (AvgIpc) is 2.82. The summed E-state index contributed by atoms with van der Waals surface area (Å²) in [5.74, 6) is 2.16. The zero-order chi connectivity index (χ0) is 22.9. The molecule has 6 N–H and O–H groups in total. The van der Waals surface area contributed by atoms with E-state index >= 15 is 0 Å². The van der Waals surface area contributed by atoms with Crippen molar-refractivity contribution in [3.63, 3.8) is 0 Å². The highest BCUT2D eigenvalue weighted by atomic mass is 16.5. The third-order valence-electron chi connectivity index (χ3n) is 5.55. The highest BCUT2D eigenvalue weighted by Crippen LogP contribution is 2.35. The minimum atomic E-state index is 0.528. The summed E-state index contributed by atoms with van der Waals surface area (Å²) in [6.07, 6.45) is 4.35. The van der Waals surface area contributed by atoms with Crippen LogP contribution in [0, 0.1) is 0 Å². The van der Waals surface area contributed by atoms with Crippen molar-refractivity contribution in [3.8, 4) is 11.5 Å². The number of nitrogens with zero attached hydrogens (tertiary/aromatic N) is 1. The molecule has 0 saturated carbocycles. The predicted octanol–water partition coefficient (Wildman–Crippen LogP) is 4.55. The topological polar surface area (TPSA) is 107 Å². The fourth-order valence-corrected chi connectivity index (χ4v) is 3.81. The lowest BCUT2D eigenvalue weighted by atomic mass is 10.0. The lowest BCUT2D eigenvalue weighted by Crippen LogP contribution is -2.10. The van der Waals surface area contributed by atoms with Gasteiger partial charge < -0.3 is 31.6 Å². The molecule has 32 heavy (non-hydrogen) atoms. The fourth-order valence-electron chi connectivity index (χ4n) is 3.81. The number of methoxy groups -OCH3 is 2. The first-order valence-electron chi connectivity index (χ1n) is 11.2. The second kappa shape index (κ2) is 11.4. The number of fused-ring (bicyclic) bond motifs is 1. The fraction of sp³-hybridized carbons (Fsp3) is 0.400. The first kappa shape index (κ1) is 23.5. The van der Waals surface area contributed by atoms with E-state index in [1.807, 2.05) is 18.2 Å². The van der Waals surface area contributed by atoms with Gasteiger partial charge in [0.05, 0.1) is 31.1 Å². The molecule has 0 amide bonds. The van der Waals surface area contributed by atoms with Gasteiger partial charge in [0.25, 0.3) is 0 Å². The first-order valence-corrected chi connectivity index (χ1v) is 11.2. The van der Waals surface area contributed by atoms with Crippen LogP contribution in [0.1, 0.15) is 37.3 Å². The second-order valence-electron chi connectivity index (χ2n) is 7.76. The number of nitrogen functional groups attached to an aromatic ring is 1. The maximum absolute atomic E-state index is 6.52. The van der Waals surface area contributed by atoms with Crippen molar-refractivity contribution < 1.29 is 9.47 Å². The molecular formula is C25H35N5O2. The molecule has 7 nitrogen and oxygen atoms in total. The van der Waals surface area contributed by atoms with E-state index in [9.17, 15) is 0 Å². The van der Waals surface area contributed by atoms with Crippen LogP contribution in [0.5, 0.6) is 11.5 Å². The molecule has 3 rings (SSSR count). The van der Waals surface area contributed by atoms with E-state index in [-0.39, 0.29) is 0 Å². The second-order valence-corrected chi connectivity index (χ2v) is 7.76. The smallest absolute Gasteiger partial charge is 0.152 e. The van der Waals surface area contributed by atoms with Crippen molar-refractivity contribution in [2.75, 3.05) is 43.7 Å². The monoisotopic (exact) mass is 437 g/mol. The van der Waals surface area contributed by atoms with Gasteiger partial charge in [-0.15, -0.1) is 0 Å². The minimum absolute atomic E-state index is 0.528. The summed E-state index contributed by atoms with van der Waals surface area (Å²) in [4.78, 5) is 4.87. The van der Waals surface area contributed by atoms with Crippen molar-refractivity contribution >= 4 is 28.1 Å². The SMILES string of the molecule is CCNc1c(N)c(NCc2ccc(OC)cc2OC)nc2cc(CCCCCN)ccc12. The van der Waals surface area contributed by atoms with E-state index in [4.69, 9.17) is 25.9 Å². The van der Waals surface area contributed by atoms with Crippen LogP contribution in [0.15, 0.2) is 36.4 Å². The zero-order valence-electron chi connectivity index (χ0n) is 19.3. The molecule has 172 valence electrons. The summed E-state index contributed by atoms with van der Waals surface area (Å²) in [5.41, 5.74) is 16.9. The number of benzene rings is 2. The number of hydrogen-bond donors (Lipinski definition) is 4. The van der Waals surface area contributed by atoms with E-state index < -0.39 is 0 Å². The number of hydrogen-bond acceptors (Lipinski definition) is 7. The molecule has 0 atom stereocenters. The van der Waals surface area contributed by atoms with Gasteiger partial charge in [-0.1, -0.05) is 18.6 Å². The Hall–Kier alpha value is -3.19. The van der Waals surface area contributed by atoms with Crippen molar-refractivity contribution in [2.45, 2.75) is 39.2 Å². The largest absolute Gasteiger partial charge is 0.497 e. The molecule has 3 aromatic rings. The van der Waals surface area contributed by atoms with Gasteiger partial charge in [-0.2, -0.15) is 0 Å². The molecular weight excluding hydrogens is 402 g/mol. The number of nitrogens with one attached hydrogen (secondary N) is 2. The molecule has 0 spiro atoms. The van der Waals surface area contributed by atoms with Crippen LogP contribution in [-0.4, -0.2) is 32.3 Å². The number of anilines is 3. The van der Waals surface area contributed by atoms with Crippen molar-refractivity contribution in [2.24, 2.45) is 5.73 Å². The van der Waals surface area contributed by atoms with E-state index in [1.165, 1.54) is 5.56 Å². The highest BCUT2D eigenvalue weighted by Gasteiger charge is 2.14. The van der Waals surface area contributed by atoms with E-state index in [0.29, 0.717) is 18.1 Å². The Labute approximate surface area is 190 Å². The van der Waals surface area contributed by atoms with Crippen LogP contribution in [-0.2, 0) is 13.0 Å². The molecule has 0 fully saturated rings. The van der Waals surface area contributed by atoms with Crippen LogP contribution in [0.25, 0.3) is 10.9 Å². The molecule has 7 heteroatoms. The average molecular weight is 438 g/mol. The van der Waals surface area contributed by atoms with Crippen LogP contribution < -0.4 is 31.6 Å². The highest BCUT2D eigenvalue weighted by molar-refractivity contribution is 6.01. The Morgan fingerprint density at radius 3 is 2.53 bits per heavy atom. The van der Waals surface area contributed by atoms with Gasteiger partial charge in [0.2, 0.25) is 0 Å². The molecule has 0 bridgehead atoms. The lowest BCUT2D eigenvalue weighted by molar-refractivity contribution is 0.391. The van der Waals surface area contributed by atoms with Gasteiger partial charge in [-0.25, -0.2) is 4.98 Å². The zero-order valence-corrected chi connectivity index (χ0v) is 19.3. The quantitative estimate of drug-likeness (QED) is 0.308. The predicted molar refractivity (Wildman–Crippen MR) is 134 cm³/mol. The number of aryl methyl sites for hydroxylation is 1. The summed E-state index contributed by atoms with van der Waals surface area (Å²) >= 11 is 0. The van der Waals surface area contributed by atoms with Crippen molar-refractivity contribution in [3.05, 3.63) is 47.5 Å². The summed E-state index contributed by atoms with van der Waals surface area (Å²) < 4.78 is 10.8. The molecule has 0 aliphatic heterocycles. The molecule has 1 aromatic heterocycles. The normalized spacial score (nSPS) is 10.9. The molecule has 0 unspecified atom stereocenters. The van der Waals surface area contributed by atoms with Gasteiger partial charge in [0.1, 0.15) is 11.5 Å². The van der Waals surface area contributed by atoms with Crippen LogP contribution in [0.4, 0.5) is 17.2 Å². The number of pyridine rings is 1. The number of ether oxygens (including phenoxy) is 2. The Balaban J connectivity index is 1.89. The maximum Gasteiger partial charge on any atom is 0.152 e. The Morgan fingerprint density at radius 1 is 0.969 bits per heavy atom. The molecule has 2 aromatic carbocycles. The number of rotatable bonds is 12. The Kier molecular flexibility index (Phi) is 8.39. The van der Waals surface area contributed by atoms with Gasteiger partial charge in [-0.3, -0.25) is 0 Å². The third-order valence-corrected chi connectivity index (χ3v) is 5.55. The van der Waals surface area contributed by atoms with Gasteiger partial charge >= 0.3 is 0 Å². The molecule has 0 aliphatic carbocycles. The Morgan fingerprint density at radius 2 is 1.81 bits per heavy atom. The number of aromatic nitrogens is 1. The molecule has 0 aliphatic rings. The number of unbranched alkanes of at least 4 members (excludes halogenated alkanes) is 2. The van der Waals surface area contributed by atoms with E-state index in [1.54, 1.807) is 14.2 Å². The summed E-state index contributed by atoms with van der Waals surface area (Å²) in [6.45, 7) is 4.11. The van der Waals surface area contributed by atoms with Crippen LogP contribution in [0.2, 0.25) is 0 Å². The van der Waals surface area contributed by atoms with E-state index in [2.05, 4.69) is 35.8 Å². The van der Waals surface area contributed by atoms with Crippen molar-refractivity contribution in [1.82, 2.24) is 4.98 Å². The van der Waals surface area contributed by atoms with Gasteiger partial charge in [0.15, 0.2) is 5.82 Å². The minimum Gasteiger partial charge on any atom is -0.497 e. The molecule has 1 heterocycles. The standard InChI is InChI=1S/C25H35N5O2/c1-4-28-24-20-12-9-17(8-6-5-7-13-26)14-21(20)30-25(23(24)27)29-16-18-10-11-19(31-2)15-22(18)32-3/h9-12,14-15H,4-8,13,16,26-27H2,1-3H3,(H2,28,29,30). The lowest BCUT2D eigenvalue weighted by Gasteiger charge is -2.17. The molecule has 0 radical (unpaired) electrons. The van der Waals surface area contributed by atoms with Crippen molar-refractivity contribution in [1.29, 1.82) is 0 Å². The third kappa shape index (κ3) is 5.53. The van der Waals surface area contributed by atoms with E-state index in [0.717, 1.165) is 72.4 Å². The summed E-state index contributed by atoms with van der Waals surface area (Å²) in [5, 5.41) is 7.85. The number of nitrogens with two attached hydrogens (primary N) is 2. The van der Waals surface area contributed by atoms with Crippen LogP contribution >= 0.6 is 0 Å². The Bertz CT molecular complexity index is 1040. The summed E-state index contributed by atoms with van der Waals surface area (Å²) in [6, 6.07) is 12.2. The van der Waals surface area contributed by atoms with Gasteiger partial charge in [0, 0.05) is 30.1 Å². The molecule has 0 saturated heterocycles. The maximum atomic E-state index is 6.52. The van der Waals surface area contributed by atoms with Crippen LogP contribution in [0.3, 0.4) is 0 Å².